The second kappa shape index (κ2) is 10.3. The molecule has 3 aliphatic rings. The van der Waals surface area contributed by atoms with E-state index in [0.717, 1.165) is 6.92 Å². The fraction of sp³-hybridized carbons (Fsp3) is 0.500. The number of hydrogen-bond donors (Lipinski definition) is 2. The zero-order valence-electron chi connectivity index (χ0n) is 26.2. The first-order valence-electron chi connectivity index (χ1n) is 14.6. The highest BCUT2D eigenvalue weighted by Gasteiger charge is 2.76. The number of ketones is 5. The monoisotopic (exact) mass is 606 g/mol. The van der Waals surface area contributed by atoms with Crippen LogP contribution in [0.3, 0.4) is 0 Å². The SMILES string of the molecule is COc1ccc(-c2ccc(O)c3c2C[C@]2(C)C[C@]4(C)C(C(C)C)C(=O)C(C(C)=O)C(=O)[C@]4(O)C(=O)C2C3=O)c(OC)c1OC. The third kappa shape index (κ3) is 3.85. The van der Waals surface area contributed by atoms with Crippen LogP contribution in [-0.4, -0.2) is 66.1 Å². The minimum absolute atomic E-state index is 0.0405. The number of phenolic OH excluding ortho intramolecular Hbond substituents is 1. The van der Waals surface area contributed by atoms with Crippen molar-refractivity contribution in [2.45, 2.75) is 53.1 Å². The summed E-state index contributed by atoms with van der Waals surface area (Å²) in [6.07, 6.45) is 0.0575. The Hall–Kier alpha value is -4.05. The summed E-state index contributed by atoms with van der Waals surface area (Å²) in [4.78, 5) is 68.9. The molecule has 0 heterocycles. The summed E-state index contributed by atoms with van der Waals surface area (Å²) in [6.45, 7) is 7.88. The van der Waals surface area contributed by atoms with Crippen LogP contribution in [-0.2, 0) is 25.6 Å². The molecule has 0 aromatic heterocycles. The van der Waals surface area contributed by atoms with Gasteiger partial charge in [-0.05, 0) is 60.4 Å². The zero-order chi connectivity index (χ0) is 32.7. The van der Waals surface area contributed by atoms with Gasteiger partial charge in [0, 0.05) is 16.9 Å². The topological polar surface area (TPSA) is 153 Å². The molecule has 3 unspecified atom stereocenters. The Kier molecular flexibility index (Phi) is 7.32. The highest BCUT2D eigenvalue weighted by Crippen LogP contribution is 2.64. The van der Waals surface area contributed by atoms with Gasteiger partial charge in [0.25, 0.3) is 0 Å². The number of ether oxygens (including phenoxy) is 3. The first-order valence-corrected chi connectivity index (χ1v) is 14.6. The zero-order valence-corrected chi connectivity index (χ0v) is 26.2. The van der Waals surface area contributed by atoms with Gasteiger partial charge in [-0.2, -0.15) is 0 Å². The first kappa shape index (κ1) is 31.4. The molecule has 2 saturated carbocycles. The molecule has 0 aliphatic heterocycles. The number of phenols is 1. The fourth-order valence-electron chi connectivity index (χ4n) is 8.70. The number of carbonyl (C=O) groups is 5. The molecule has 5 rings (SSSR count). The average Bonchev–Trinajstić information content (AvgIpc) is 2.93. The Balaban J connectivity index is 1.76. The number of carbonyl (C=O) groups excluding carboxylic acids is 5. The van der Waals surface area contributed by atoms with Gasteiger partial charge >= 0.3 is 0 Å². The van der Waals surface area contributed by atoms with E-state index in [1.165, 1.54) is 27.4 Å². The van der Waals surface area contributed by atoms with Crippen molar-refractivity contribution in [1.29, 1.82) is 0 Å². The Morgan fingerprint density at radius 3 is 2.07 bits per heavy atom. The molecule has 10 heteroatoms. The predicted molar refractivity (Wildman–Crippen MR) is 158 cm³/mol. The van der Waals surface area contributed by atoms with Crippen molar-refractivity contribution in [3.05, 3.63) is 35.4 Å². The van der Waals surface area contributed by atoms with Crippen LogP contribution in [0.2, 0.25) is 0 Å². The maximum atomic E-state index is 14.5. The van der Waals surface area contributed by atoms with Crippen LogP contribution in [0, 0.1) is 34.5 Å². The molecule has 2 aromatic rings. The van der Waals surface area contributed by atoms with E-state index in [4.69, 9.17) is 14.2 Å². The average molecular weight is 607 g/mol. The summed E-state index contributed by atoms with van der Waals surface area (Å²) >= 11 is 0. The third-order valence-corrected chi connectivity index (χ3v) is 10.3. The molecule has 2 aromatic carbocycles. The van der Waals surface area contributed by atoms with E-state index in [9.17, 15) is 34.2 Å². The number of aliphatic hydroxyl groups is 1. The lowest BCUT2D eigenvalue weighted by atomic mass is 9.40. The van der Waals surface area contributed by atoms with Gasteiger partial charge in [-0.3, -0.25) is 24.0 Å². The normalized spacial score (nSPS) is 31.3. The van der Waals surface area contributed by atoms with Crippen LogP contribution in [0.5, 0.6) is 23.0 Å². The molecule has 2 fully saturated rings. The van der Waals surface area contributed by atoms with Crippen LogP contribution in [0.25, 0.3) is 11.1 Å². The van der Waals surface area contributed by atoms with E-state index in [1.807, 2.05) is 0 Å². The van der Waals surface area contributed by atoms with Crippen molar-refractivity contribution >= 4 is 28.9 Å². The van der Waals surface area contributed by atoms with Crippen LogP contribution < -0.4 is 14.2 Å². The number of methoxy groups -OCH3 is 3. The molecule has 0 spiro atoms. The molecule has 0 amide bonds. The first-order chi connectivity index (χ1) is 20.5. The van der Waals surface area contributed by atoms with Gasteiger partial charge in [0.15, 0.2) is 40.2 Å². The maximum absolute atomic E-state index is 14.5. The highest BCUT2D eigenvalue weighted by atomic mass is 16.5. The number of Topliss-reactive ketones (excluding diaryl/α,β-unsaturated/α-hetero) is 5. The molecule has 6 atom stereocenters. The lowest BCUT2D eigenvalue weighted by Gasteiger charge is -2.61. The molecule has 0 radical (unpaired) electrons. The van der Waals surface area contributed by atoms with Crippen molar-refractivity contribution in [2.24, 2.45) is 34.5 Å². The van der Waals surface area contributed by atoms with Crippen molar-refractivity contribution < 1.29 is 48.4 Å². The standard InChI is InChI=1S/C34H38O10/c1-15(2)24-26(37)22(16(3)35)30(39)34(41)31(40)25-27(38)23-19(13-32(25,4)14-33(24,34)5)17(9-11-20(23)36)18-10-12-21(42-6)29(44-8)28(18)43-7/h9-12,15,22,24-25,36,41H,13-14H2,1-8H3/t22?,24?,25?,32-,33-,34+/m1/s1. The second-order valence-corrected chi connectivity index (χ2v) is 13.2. The molecular formula is C34H38O10. The van der Waals surface area contributed by atoms with E-state index in [-0.39, 0.29) is 24.2 Å². The number of benzene rings is 2. The summed E-state index contributed by atoms with van der Waals surface area (Å²) in [5, 5.41) is 23.2. The van der Waals surface area contributed by atoms with Crippen molar-refractivity contribution in [3.8, 4) is 34.1 Å². The number of hydrogen-bond acceptors (Lipinski definition) is 10. The predicted octanol–water partition coefficient (Wildman–Crippen LogP) is 3.79. The Bertz CT molecular complexity index is 1640. The molecule has 0 saturated heterocycles. The van der Waals surface area contributed by atoms with Crippen LogP contribution in [0.4, 0.5) is 0 Å². The highest BCUT2D eigenvalue weighted by molar-refractivity contribution is 6.32. The molecule has 2 N–H and O–H groups in total. The quantitative estimate of drug-likeness (QED) is 0.465. The minimum atomic E-state index is -2.75. The van der Waals surface area contributed by atoms with Crippen molar-refractivity contribution in [2.75, 3.05) is 21.3 Å². The summed E-state index contributed by atoms with van der Waals surface area (Å²) in [5.41, 5.74) is -4.04. The largest absolute Gasteiger partial charge is 0.507 e. The summed E-state index contributed by atoms with van der Waals surface area (Å²) in [6, 6.07) is 6.43. The van der Waals surface area contributed by atoms with Crippen LogP contribution in [0.1, 0.15) is 57.0 Å². The Morgan fingerprint density at radius 2 is 1.52 bits per heavy atom. The lowest BCUT2D eigenvalue weighted by molar-refractivity contribution is -0.205. The molecule has 234 valence electrons. The Labute approximate surface area is 255 Å². The van der Waals surface area contributed by atoms with E-state index in [2.05, 4.69) is 0 Å². The Morgan fingerprint density at radius 1 is 0.909 bits per heavy atom. The van der Waals surface area contributed by atoms with Crippen molar-refractivity contribution in [1.82, 2.24) is 0 Å². The molecule has 3 aliphatic carbocycles. The van der Waals surface area contributed by atoms with Gasteiger partial charge in [-0.1, -0.05) is 33.8 Å². The van der Waals surface area contributed by atoms with Crippen LogP contribution >= 0.6 is 0 Å². The molecule has 0 bridgehead atoms. The lowest BCUT2D eigenvalue weighted by Crippen LogP contribution is -2.76. The van der Waals surface area contributed by atoms with E-state index in [1.54, 1.807) is 45.9 Å². The molecule has 44 heavy (non-hydrogen) atoms. The van der Waals surface area contributed by atoms with E-state index in [0.29, 0.717) is 33.9 Å². The van der Waals surface area contributed by atoms with Crippen molar-refractivity contribution in [3.63, 3.8) is 0 Å². The second-order valence-electron chi connectivity index (χ2n) is 13.2. The summed E-state index contributed by atoms with van der Waals surface area (Å²) in [7, 11) is 4.43. The maximum Gasteiger partial charge on any atom is 0.203 e. The number of aromatic hydroxyl groups is 1. The smallest absolute Gasteiger partial charge is 0.203 e. The summed E-state index contributed by atoms with van der Waals surface area (Å²) in [5.74, 6) is -8.32. The minimum Gasteiger partial charge on any atom is -0.507 e. The van der Waals surface area contributed by atoms with Gasteiger partial charge < -0.3 is 24.4 Å². The third-order valence-electron chi connectivity index (χ3n) is 10.3. The van der Waals surface area contributed by atoms with Crippen LogP contribution in [0.15, 0.2) is 24.3 Å². The van der Waals surface area contributed by atoms with E-state index >= 15 is 0 Å². The van der Waals surface area contributed by atoms with E-state index < -0.39 is 69.0 Å². The molecule has 10 nitrogen and oxygen atoms in total. The van der Waals surface area contributed by atoms with Gasteiger partial charge in [-0.15, -0.1) is 0 Å². The molecular weight excluding hydrogens is 568 g/mol. The van der Waals surface area contributed by atoms with Gasteiger partial charge in [-0.25, -0.2) is 0 Å². The van der Waals surface area contributed by atoms with Gasteiger partial charge in [0.2, 0.25) is 5.75 Å². The summed E-state index contributed by atoms with van der Waals surface area (Å²) < 4.78 is 16.7. The fourth-order valence-corrected chi connectivity index (χ4v) is 8.70. The number of rotatable bonds is 6. The van der Waals surface area contributed by atoms with Gasteiger partial charge in [0.05, 0.1) is 32.8 Å². The number of fused-ring (bicyclic) bond motifs is 3. The van der Waals surface area contributed by atoms with Gasteiger partial charge in [0.1, 0.15) is 17.5 Å².